The van der Waals surface area contributed by atoms with Crippen molar-refractivity contribution < 1.29 is 9.13 Å². The van der Waals surface area contributed by atoms with Crippen LogP contribution in [0.25, 0.3) is 0 Å². The number of hydrogen-bond donors (Lipinski definition) is 1. The van der Waals surface area contributed by atoms with E-state index in [1.807, 2.05) is 19.9 Å². The second kappa shape index (κ2) is 5.84. The summed E-state index contributed by atoms with van der Waals surface area (Å²) in [5.74, 6) is 0.362. The van der Waals surface area contributed by atoms with Crippen molar-refractivity contribution in [2.75, 3.05) is 6.54 Å². The molecule has 1 aromatic carbocycles. The summed E-state index contributed by atoms with van der Waals surface area (Å²) in [4.78, 5) is 0. The molecule has 0 aliphatic carbocycles. The molecule has 0 aliphatic heterocycles. The minimum Gasteiger partial charge on any atom is -0.451 e. The van der Waals surface area contributed by atoms with E-state index in [1.165, 1.54) is 6.07 Å². The molecule has 19 heavy (non-hydrogen) atoms. The fourth-order valence-electron chi connectivity index (χ4n) is 1.87. The summed E-state index contributed by atoms with van der Waals surface area (Å²) in [7, 11) is 1.78. The van der Waals surface area contributed by atoms with Gasteiger partial charge in [0.1, 0.15) is 0 Å². The van der Waals surface area contributed by atoms with Gasteiger partial charge in [-0.15, -0.1) is 0 Å². The average molecular weight is 263 g/mol. The van der Waals surface area contributed by atoms with E-state index in [1.54, 1.807) is 30.2 Å². The van der Waals surface area contributed by atoms with Crippen LogP contribution in [0.2, 0.25) is 0 Å². The van der Waals surface area contributed by atoms with Gasteiger partial charge in [0, 0.05) is 13.1 Å². The lowest BCUT2D eigenvalue weighted by Gasteiger charge is -2.13. The first-order valence-electron chi connectivity index (χ1n) is 6.29. The Bertz CT molecular complexity index is 553. The molecular weight excluding hydrogens is 245 g/mol. The van der Waals surface area contributed by atoms with E-state index in [9.17, 15) is 4.39 Å². The molecule has 1 heterocycles. The molecule has 4 nitrogen and oxygen atoms in total. The zero-order chi connectivity index (χ0) is 13.8. The third-order valence-corrected chi connectivity index (χ3v) is 2.88. The molecule has 0 spiro atoms. The number of nitrogens with zero attached hydrogens (tertiary/aromatic N) is 2. The molecule has 1 atom stereocenters. The maximum atomic E-state index is 14.0. The van der Waals surface area contributed by atoms with E-state index < -0.39 is 0 Å². The molecule has 0 bridgehead atoms. The van der Waals surface area contributed by atoms with Crippen LogP contribution in [-0.2, 0) is 7.05 Å². The molecule has 0 saturated heterocycles. The summed E-state index contributed by atoms with van der Waals surface area (Å²) in [5, 5.41) is 7.21. The monoisotopic (exact) mass is 263 g/mol. The molecule has 5 heteroatoms. The maximum absolute atomic E-state index is 14.0. The molecule has 0 aliphatic rings. The lowest BCUT2D eigenvalue weighted by atomic mass is 10.1. The third kappa shape index (κ3) is 3.32. The van der Waals surface area contributed by atoms with Crippen molar-refractivity contribution in [3.63, 3.8) is 0 Å². The predicted octanol–water partition coefficient (Wildman–Crippen LogP) is 3.02. The van der Waals surface area contributed by atoms with Gasteiger partial charge in [0.2, 0.25) is 0 Å². The molecule has 1 aromatic heterocycles. The minimum absolute atomic E-state index is 0.118. The Kier molecular flexibility index (Phi) is 4.16. The predicted molar refractivity (Wildman–Crippen MR) is 71.8 cm³/mol. The molecule has 1 unspecified atom stereocenters. The van der Waals surface area contributed by atoms with E-state index in [0.717, 1.165) is 12.1 Å². The topological polar surface area (TPSA) is 39.1 Å². The largest absolute Gasteiger partial charge is 0.451 e. The van der Waals surface area contributed by atoms with Gasteiger partial charge in [-0.2, -0.15) is 5.10 Å². The van der Waals surface area contributed by atoms with Crippen LogP contribution in [0.3, 0.4) is 0 Å². The number of hydrogen-bond acceptors (Lipinski definition) is 3. The smallest absolute Gasteiger partial charge is 0.166 e. The van der Waals surface area contributed by atoms with Gasteiger partial charge in [0.25, 0.3) is 0 Å². The molecule has 0 saturated carbocycles. The fraction of sp³-hybridized carbons (Fsp3) is 0.357. The molecule has 102 valence electrons. The molecule has 0 fully saturated rings. The standard InChI is InChI=1S/C14H18FN3O/c1-4-16-10(2)11-5-6-14(13(15)7-11)19-12-8-17-18(3)9-12/h5-10,16H,4H2,1-3H3. The molecule has 2 aromatic rings. The number of aromatic nitrogens is 2. The summed E-state index contributed by atoms with van der Waals surface area (Å²) in [6.07, 6.45) is 3.24. The van der Waals surface area contributed by atoms with E-state index in [4.69, 9.17) is 4.74 Å². The Hall–Kier alpha value is -1.88. The Labute approximate surface area is 112 Å². The van der Waals surface area contributed by atoms with Crippen molar-refractivity contribution >= 4 is 0 Å². The van der Waals surface area contributed by atoms with Gasteiger partial charge in [-0.3, -0.25) is 4.68 Å². The van der Waals surface area contributed by atoms with Crippen LogP contribution in [0.15, 0.2) is 30.6 Å². The Morgan fingerprint density at radius 3 is 2.84 bits per heavy atom. The van der Waals surface area contributed by atoms with E-state index >= 15 is 0 Å². The van der Waals surface area contributed by atoms with Crippen LogP contribution < -0.4 is 10.1 Å². The van der Waals surface area contributed by atoms with Crippen LogP contribution in [0.4, 0.5) is 4.39 Å². The molecule has 1 N–H and O–H groups in total. The Morgan fingerprint density at radius 1 is 1.47 bits per heavy atom. The number of rotatable bonds is 5. The van der Waals surface area contributed by atoms with Crippen LogP contribution in [-0.4, -0.2) is 16.3 Å². The van der Waals surface area contributed by atoms with Gasteiger partial charge in [-0.1, -0.05) is 13.0 Å². The van der Waals surface area contributed by atoms with Gasteiger partial charge in [-0.25, -0.2) is 4.39 Å². The van der Waals surface area contributed by atoms with Gasteiger partial charge in [0.05, 0.1) is 12.4 Å². The van der Waals surface area contributed by atoms with Crippen molar-refractivity contribution in [3.05, 3.63) is 42.0 Å². The van der Waals surface area contributed by atoms with Crippen LogP contribution in [0, 0.1) is 5.82 Å². The van der Waals surface area contributed by atoms with Gasteiger partial charge in [0.15, 0.2) is 17.3 Å². The van der Waals surface area contributed by atoms with Crippen molar-refractivity contribution in [1.82, 2.24) is 15.1 Å². The van der Waals surface area contributed by atoms with E-state index in [0.29, 0.717) is 5.75 Å². The molecule has 0 amide bonds. The summed E-state index contributed by atoms with van der Waals surface area (Å²) in [6, 6.07) is 5.12. The summed E-state index contributed by atoms with van der Waals surface area (Å²) < 4.78 is 21.0. The number of nitrogens with one attached hydrogen (secondary N) is 1. The second-order valence-electron chi connectivity index (χ2n) is 4.42. The summed E-state index contributed by atoms with van der Waals surface area (Å²) >= 11 is 0. The fourth-order valence-corrected chi connectivity index (χ4v) is 1.87. The van der Waals surface area contributed by atoms with Crippen molar-refractivity contribution in [2.45, 2.75) is 19.9 Å². The number of benzene rings is 1. The minimum atomic E-state index is -0.369. The zero-order valence-electron chi connectivity index (χ0n) is 11.4. The highest BCUT2D eigenvalue weighted by molar-refractivity contribution is 5.34. The third-order valence-electron chi connectivity index (χ3n) is 2.88. The molecule has 2 rings (SSSR count). The highest BCUT2D eigenvalue weighted by atomic mass is 19.1. The maximum Gasteiger partial charge on any atom is 0.166 e. The van der Waals surface area contributed by atoms with Crippen molar-refractivity contribution in [2.24, 2.45) is 7.05 Å². The van der Waals surface area contributed by atoms with Crippen LogP contribution in [0.1, 0.15) is 25.5 Å². The van der Waals surface area contributed by atoms with Gasteiger partial charge < -0.3 is 10.1 Å². The molecular formula is C14H18FN3O. The number of ether oxygens (including phenoxy) is 1. The average Bonchev–Trinajstić information content (AvgIpc) is 2.78. The van der Waals surface area contributed by atoms with E-state index in [2.05, 4.69) is 10.4 Å². The lowest BCUT2D eigenvalue weighted by Crippen LogP contribution is -2.17. The number of halogens is 1. The second-order valence-corrected chi connectivity index (χ2v) is 4.42. The first-order valence-corrected chi connectivity index (χ1v) is 6.29. The summed E-state index contributed by atoms with van der Waals surface area (Å²) in [5.41, 5.74) is 0.901. The Morgan fingerprint density at radius 2 is 2.26 bits per heavy atom. The van der Waals surface area contributed by atoms with Gasteiger partial charge in [-0.05, 0) is 31.2 Å². The highest BCUT2D eigenvalue weighted by Gasteiger charge is 2.10. The zero-order valence-corrected chi connectivity index (χ0v) is 11.4. The summed E-state index contributed by atoms with van der Waals surface area (Å²) in [6.45, 7) is 4.86. The quantitative estimate of drug-likeness (QED) is 0.901. The van der Waals surface area contributed by atoms with Gasteiger partial charge >= 0.3 is 0 Å². The SMILES string of the molecule is CCNC(C)c1ccc(Oc2cnn(C)c2)c(F)c1. The highest BCUT2D eigenvalue weighted by Crippen LogP contribution is 2.26. The van der Waals surface area contributed by atoms with E-state index in [-0.39, 0.29) is 17.6 Å². The first kappa shape index (κ1) is 13.5. The normalized spacial score (nSPS) is 12.4. The van der Waals surface area contributed by atoms with Crippen molar-refractivity contribution in [3.8, 4) is 11.5 Å². The number of aryl methyl sites for hydroxylation is 1. The Balaban J connectivity index is 2.15. The van der Waals surface area contributed by atoms with Crippen LogP contribution in [0.5, 0.6) is 11.5 Å². The van der Waals surface area contributed by atoms with Crippen LogP contribution >= 0.6 is 0 Å². The van der Waals surface area contributed by atoms with Crippen molar-refractivity contribution in [1.29, 1.82) is 0 Å². The first-order chi connectivity index (χ1) is 9.10. The molecule has 0 radical (unpaired) electrons. The lowest BCUT2D eigenvalue weighted by molar-refractivity contribution is 0.440.